The molecule has 176 valence electrons. The number of ether oxygens (including phenoxy) is 3. The van der Waals surface area contributed by atoms with Crippen LogP contribution in [-0.4, -0.2) is 80.7 Å². The number of amides is 1. The van der Waals surface area contributed by atoms with E-state index in [-0.39, 0.29) is 18.2 Å². The number of pyridine rings is 1. The summed E-state index contributed by atoms with van der Waals surface area (Å²) >= 11 is 0. The van der Waals surface area contributed by atoms with Crippen molar-refractivity contribution in [1.82, 2.24) is 15.2 Å². The number of rotatable bonds is 6. The molecule has 1 N–H and O–H groups in total. The van der Waals surface area contributed by atoms with Crippen LogP contribution in [0.1, 0.15) is 44.1 Å². The molecular formula is C24H36N4O4. The van der Waals surface area contributed by atoms with Crippen molar-refractivity contribution in [3.63, 3.8) is 0 Å². The summed E-state index contributed by atoms with van der Waals surface area (Å²) in [6, 6.07) is 2.34. The number of hydrogen-bond acceptors (Lipinski definition) is 7. The van der Waals surface area contributed by atoms with E-state index in [2.05, 4.69) is 26.2 Å². The molecule has 1 atom stereocenters. The Labute approximate surface area is 190 Å². The normalized spacial score (nSPS) is 28.2. The van der Waals surface area contributed by atoms with Crippen LogP contribution in [0.5, 0.6) is 5.75 Å². The van der Waals surface area contributed by atoms with Crippen molar-refractivity contribution in [2.75, 3.05) is 57.4 Å². The van der Waals surface area contributed by atoms with Gasteiger partial charge < -0.3 is 24.4 Å². The Morgan fingerprint density at radius 3 is 2.75 bits per heavy atom. The van der Waals surface area contributed by atoms with Crippen molar-refractivity contribution in [1.29, 1.82) is 0 Å². The topological polar surface area (TPSA) is 76.2 Å². The predicted molar refractivity (Wildman–Crippen MR) is 121 cm³/mol. The highest BCUT2D eigenvalue weighted by Gasteiger charge is 2.27. The number of carbonyl (C=O) groups excluding carboxylic acids is 1. The average molecular weight is 445 g/mol. The molecule has 1 unspecified atom stereocenters. The van der Waals surface area contributed by atoms with Crippen molar-refractivity contribution in [3.05, 3.63) is 17.8 Å². The third-order valence-corrected chi connectivity index (χ3v) is 7.44. The Morgan fingerprint density at radius 2 is 1.97 bits per heavy atom. The van der Waals surface area contributed by atoms with Gasteiger partial charge in [-0.3, -0.25) is 4.90 Å². The maximum absolute atomic E-state index is 12.1. The van der Waals surface area contributed by atoms with Crippen LogP contribution < -0.4 is 15.0 Å². The summed E-state index contributed by atoms with van der Waals surface area (Å²) < 4.78 is 16.5. The highest BCUT2D eigenvalue weighted by Crippen LogP contribution is 2.34. The summed E-state index contributed by atoms with van der Waals surface area (Å²) in [5.41, 5.74) is 1.29. The number of alkyl carbamates (subject to hydrolysis) is 1. The van der Waals surface area contributed by atoms with E-state index in [1.165, 1.54) is 24.8 Å². The van der Waals surface area contributed by atoms with Crippen LogP contribution in [0, 0.1) is 5.92 Å². The third-order valence-electron chi connectivity index (χ3n) is 7.44. The van der Waals surface area contributed by atoms with E-state index in [0.29, 0.717) is 13.2 Å². The van der Waals surface area contributed by atoms with Gasteiger partial charge in [-0.2, -0.15) is 0 Å². The summed E-state index contributed by atoms with van der Waals surface area (Å²) in [6.45, 7) is 7.36. The Bertz CT molecular complexity index is 769. The van der Waals surface area contributed by atoms with Crippen molar-refractivity contribution < 1.29 is 19.0 Å². The van der Waals surface area contributed by atoms with Gasteiger partial charge in [0.1, 0.15) is 6.10 Å². The van der Waals surface area contributed by atoms with Crippen molar-refractivity contribution in [3.8, 4) is 5.75 Å². The molecule has 1 amide bonds. The molecule has 1 aromatic heterocycles. The number of aromatic nitrogens is 1. The smallest absolute Gasteiger partial charge is 0.407 e. The molecule has 3 aliphatic heterocycles. The molecule has 4 aliphatic rings. The zero-order valence-electron chi connectivity index (χ0n) is 19.0. The summed E-state index contributed by atoms with van der Waals surface area (Å²) in [4.78, 5) is 21.6. The van der Waals surface area contributed by atoms with E-state index >= 15 is 0 Å². The molecule has 3 fully saturated rings. The van der Waals surface area contributed by atoms with Crippen LogP contribution in [0.15, 0.2) is 12.3 Å². The SMILES string of the molecule is O=C(NC1CCC(CCN2CCN(c3nccc4c3OCC4)CC2)CC1)OC1CCOC1. The second kappa shape index (κ2) is 10.3. The molecule has 4 heterocycles. The highest BCUT2D eigenvalue weighted by atomic mass is 16.6. The molecule has 5 rings (SSSR count). The largest absolute Gasteiger partial charge is 0.489 e. The monoisotopic (exact) mass is 444 g/mol. The van der Waals surface area contributed by atoms with Crippen LogP contribution in [0.2, 0.25) is 0 Å². The fraction of sp³-hybridized carbons (Fsp3) is 0.750. The lowest BCUT2D eigenvalue weighted by Crippen LogP contribution is -2.47. The Balaban J connectivity index is 0.988. The predicted octanol–water partition coefficient (Wildman–Crippen LogP) is 2.60. The van der Waals surface area contributed by atoms with Gasteiger partial charge in [0, 0.05) is 56.8 Å². The first-order valence-electron chi connectivity index (χ1n) is 12.4. The summed E-state index contributed by atoms with van der Waals surface area (Å²) in [5, 5.41) is 3.06. The summed E-state index contributed by atoms with van der Waals surface area (Å²) in [6.07, 6.45) is 9.12. The van der Waals surface area contributed by atoms with Gasteiger partial charge >= 0.3 is 6.09 Å². The first-order valence-corrected chi connectivity index (χ1v) is 12.4. The Hall–Kier alpha value is -2.06. The van der Waals surface area contributed by atoms with E-state index in [0.717, 1.165) is 82.5 Å². The molecule has 1 aliphatic carbocycles. The third kappa shape index (κ3) is 5.29. The molecular weight excluding hydrogens is 408 g/mol. The average Bonchev–Trinajstić information content (AvgIpc) is 3.51. The van der Waals surface area contributed by atoms with Crippen molar-refractivity contribution >= 4 is 11.9 Å². The number of piperazine rings is 1. The lowest BCUT2D eigenvalue weighted by molar-refractivity contribution is 0.0785. The standard InChI is InChI=1S/C24H36N4O4/c29-24(32-21-8-15-30-17-21)26-20-3-1-18(2-4-20)6-10-27-11-13-28(14-12-27)23-22-19(5-9-25-23)7-16-31-22/h5,9,18,20-21H,1-4,6-8,10-17H2,(H,26,29). The molecule has 32 heavy (non-hydrogen) atoms. The second-order valence-corrected chi connectivity index (χ2v) is 9.59. The minimum absolute atomic E-state index is 0.0714. The van der Waals surface area contributed by atoms with Crippen LogP contribution in [0.4, 0.5) is 10.6 Å². The number of hydrogen-bond donors (Lipinski definition) is 1. The molecule has 2 saturated heterocycles. The fourth-order valence-electron chi connectivity index (χ4n) is 5.42. The molecule has 8 heteroatoms. The van der Waals surface area contributed by atoms with E-state index in [4.69, 9.17) is 14.2 Å². The van der Waals surface area contributed by atoms with Gasteiger partial charge in [0.2, 0.25) is 0 Å². The lowest BCUT2D eigenvalue weighted by Gasteiger charge is -2.37. The van der Waals surface area contributed by atoms with E-state index < -0.39 is 0 Å². The Morgan fingerprint density at radius 1 is 1.12 bits per heavy atom. The molecule has 0 aromatic carbocycles. The van der Waals surface area contributed by atoms with E-state index in [1.54, 1.807) is 0 Å². The fourth-order valence-corrected chi connectivity index (χ4v) is 5.42. The molecule has 1 saturated carbocycles. The van der Waals surface area contributed by atoms with E-state index in [1.807, 2.05) is 6.20 Å². The zero-order valence-corrected chi connectivity index (χ0v) is 19.0. The molecule has 1 aromatic rings. The quantitative estimate of drug-likeness (QED) is 0.723. The maximum Gasteiger partial charge on any atom is 0.407 e. The van der Waals surface area contributed by atoms with Crippen LogP contribution in [0.25, 0.3) is 0 Å². The molecule has 0 spiro atoms. The lowest BCUT2D eigenvalue weighted by atomic mass is 9.84. The summed E-state index contributed by atoms with van der Waals surface area (Å²) in [5.74, 6) is 2.80. The van der Waals surface area contributed by atoms with Crippen LogP contribution in [0.3, 0.4) is 0 Å². The van der Waals surface area contributed by atoms with Gasteiger partial charge in [-0.25, -0.2) is 9.78 Å². The zero-order chi connectivity index (χ0) is 21.8. The van der Waals surface area contributed by atoms with Gasteiger partial charge in [-0.15, -0.1) is 0 Å². The maximum atomic E-state index is 12.1. The molecule has 8 nitrogen and oxygen atoms in total. The first-order chi connectivity index (χ1) is 15.7. The minimum Gasteiger partial charge on any atom is -0.489 e. The van der Waals surface area contributed by atoms with Crippen LogP contribution in [-0.2, 0) is 15.9 Å². The van der Waals surface area contributed by atoms with Gasteiger partial charge in [0.05, 0.1) is 19.8 Å². The van der Waals surface area contributed by atoms with Crippen LogP contribution >= 0.6 is 0 Å². The Kier molecular flexibility index (Phi) is 6.97. The van der Waals surface area contributed by atoms with E-state index in [9.17, 15) is 4.79 Å². The van der Waals surface area contributed by atoms with Gasteiger partial charge in [0.15, 0.2) is 11.6 Å². The molecule has 0 radical (unpaired) electrons. The summed E-state index contributed by atoms with van der Waals surface area (Å²) in [7, 11) is 0. The first kappa shape index (κ1) is 21.8. The number of fused-ring (bicyclic) bond motifs is 1. The van der Waals surface area contributed by atoms with Gasteiger partial charge in [-0.1, -0.05) is 0 Å². The van der Waals surface area contributed by atoms with Crippen molar-refractivity contribution in [2.45, 2.75) is 57.1 Å². The highest BCUT2D eigenvalue weighted by molar-refractivity contribution is 5.67. The number of nitrogens with one attached hydrogen (secondary N) is 1. The number of nitrogens with zero attached hydrogens (tertiary/aromatic N) is 3. The van der Waals surface area contributed by atoms with Gasteiger partial charge in [-0.05, 0) is 50.6 Å². The second-order valence-electron chi connectivity index (χ2n) is 9.59. The minimum atomic E-state index is -0.272. The number of carbonyl (C=O) groups is 1. The molecule has 0 bridgehead atoms. The van der Waals surface area contributed by atoms with Gasteiger partial charge in [0.25, 0.3) is 0 Å². The van der Waals surface area contributed by atoms with Crippen molar-refractivity contribution in [2.24, 2.45) is 5.92 Å². The number of anilines is 1.